The number of aromatic hydroxyl groups is 1. The molecule has 3 atom stereocenters. The molecule has 0 spiro atoms. The van der Waals surface area contributed by atoms with Crippen molar-refractivity contribution in [3.8, 4) is 17.6 Å². The second-order valence-electron chi connectivity index (χ2n) is 11.1. The van der Waals surface area contributed by atoms with E-state index in [9.17, 15) is 9.90 Å². The zero-order chi connectivity index (χ0) is 25.7. The van der Waals surface area contributed by atoms with Crippen LogP contribution in [0, 0.1) is 23.2 Å². The molecule has 2 aromatic rings. The number of hydrogen-bond acceptors (Lipinski definition) is 6. The van der Waals surface area contributed by atoms with Crippen LogP contribution >= 0.6 is 0 Å². The number of ether oxygens (including phenoxy) is 2. The summed E-state index contributed by atoms with van der Waals surface area (Å²) >= 11 is 0. The molecule has 7 heteroatoms. The third-order valence-electron chi connectivity index (χ3n) is 6.78. The maximum Gasteiger partial charge on any atom is 0.410 e. The van der Waals surface area contributed by atoms with Gasteiger partial charge in [0.2, 0.25) is 0 Å². The van der Waals surface area contributed by atoms with Gasteiger partial charge in [0.15, 0.2) is 0 Å². The molecular weight excluding hydrogens is 454 g/mol. The molecule has 0 aliphatic carbocycles. The summed E-state index contributed by atoms with van der Waals surface area (Å²) in [5.74, 6) is 1.87. The summed E-state index contributed by atoms with van der Waals surface area (Å²) in [6.45, 7) is 10.2. The van der Waals surface area contributed by atoms with Crippen LogP contribution in [0.1, 0.15) is 57.3 Å². The monoisotopic (exact) mass is 491 g/mol. The van der Waals surface area contributed by atoms with E-state index in [-0.39, 0.29) is 17.9 Å². The summed E-state index contributed by atoms with van der Waals surface area (Å²) in [5.41, 5.74) is 1.19. The fourth-order valence-electron chi connectivity index (χ4n) is 5.30. The van der Waals surface area contributed by atoms with Crippen molar-refractivity contribution in [2.45, 2.75) is 51.7 Å². The van der Waals surface area contributed by atoms with Crippen LogP contribution in [0.15, 0.2) is 48.5 Å². The summed E-state index contributed by atoms with van der Waals surface area (Å²) in [6.07, 6.45) is 2.64. The summed E-state index contributed by atoms with van der Waals surface area (Å²) in [4.78, 5) is 17.0. The van der Waals surface area contributed by atoms with Crippen LogP contribution in [0.4, 0.5) is 4.79 Å². The average molecular weight is 492 g/mol. The van der Waals surface area contributed by atoms with Crippen LogP contribution in [0.25, 0.3) is 0 Å². The molecule has 3 unspecified atom stereocenters. The molecule has 2 aliphatic rings. The third-order valence-corrected chi connectivity index (χ3v) is 6.78. The van der Waals surface area contributed by atoms with Gasteiger partial charge in [0.1, 0.15) is 23.2 Å². The Morgan fingerprint density at radius 1 is 1.06 bits per heavy atom. The van der Waals surface area contributed by atoms with E-state index < -0.39 is 5.60 Å². The van der Waals surface area contributed by atoms with Gasteiger partial charge < -0.3 is 24.4 Å². The fourth-order valence-corrected chi connectivity index (χ4v) is 5.30. The van der Waals surface area contributed by atoms with E-state index >= 15 is 0 Å². The minimum absolute atomic E-state index is 0.144. The Labute approximate surface area is 214 Å². The first-order valence-electron chi connectivity index (χ1n) is 12.8. The van der Waals surface area contributed by atoms with Gasteiger partial charge in [-0.05, 0) is 100 Å². The highest BCUT2D eigenvalue weighted by Gasteiger charge is 2.37. The second-order valence-corrected chi connectivity index (χ2v) is 11.1. The Kier molecular flexibility index (Phi) is 8.05. The van der Waals surface area contributed by atoms with Crippen LogP contribution in [-0.2, 0) is 4.74 Å². The molecular formula is C29H37N3O4. The van der Waals surface area contributed by atoms with E-state index in [1.807, 2.05) is 49.9 Å². The molecule has 192 valence electrons. The predicted octanol–water partition coefficient (Wildman–Crippen LogP) is 5.35. The smallest absolute Gasteiger partial charge is 0.410 e. The molecule has 2 aliphatic heterocycles. The van der Waals surface area contributed by atoms with Gasteiger partial charge in [0, 0.05) is 26.2 Å². The maximum absolute atomic E-state index is 12.6. The van der Waals surface area contributed by atoms with Crippen LogP contribution in [0.3, 0.4) is 0 Å². The van der Waals surface area contributed by atoms with Crippen molar-refractivity contribution in [1.29, 1.82) is 5.26 Å². The average Bonchev–Trinajstić information content (AvgIpc) is 2.83. The number of phenolic OH excluding ortho intramolecular Hbond substituents is 1. The zero-order valence-electron chi connectivity index (χ0n) is 21.5. The van der Waals surface area contributed by atoms with Gasteiger partial charge in [-0.3, -0.25) is 0 Å². The van der Waals surface area contributed by atoms with Gasteiger partial charge in [0.25, 0.3) is 0 Å². The molecule has 7 nitrogen and oxygen atoms in total. The first kappa shape index (κ1) is 25.8. The lowest BCUT2D eigenvalue weighted by molar-refractivity contribution is -0.0100. The van der Waals surface area contributed by atoms with Crippen molar-refractivity contribution in [2.24, 2.45) is 11.8 Å². The Morgan fingerprint density at radius 2 is 1.69 bits per heavy atom. The molecule has 2 heterocycles. The van der Waals surface area contributed by atoms with Crippen molar-refractivity contribution < 1.29 is 19.4 Å². The van der Waals surface area contributed by atoms with Crippen LogP contribution in [-0.4, -0.2) is 59.3 Å². The highest BCUT2D eigenvalue weighted by Crippen LogP contribution is 2.31. The van der Waals surface area contributed by atoms with Gasteiger partial charge in [0.05, 0.1) is 11.6 Å². The quantitative estimate of drug-likeness (QED) is 0.562. The van der Waals surface area contributed by atoms with Gasteiger partial charge in [-0.2, -0.15) is 5.26 Å². The third kappa shape index (κ3) is 7.14. The largest absolute Gasteiger partial charge is 0.508 e. The van der Waals surface area contributed by atoms with Crippen molar-refractivity contribution >= 4 is 6.09 Å². The van der Waals surface area contributed by atoms with Crippen LogP contribution in [0.2, 0.25) is 0 Å². The number of hydrogen-bond donors (Lipinski definition) is 1. The molecule has 0 saturated carbocycles. The van der Waals surface area contributed by atoms with Crippen molar-refractivity contribution in [3.05, 3.63) is 59.7 Å². The normalized spacial score (nSPS) is 20.9. The number of nitriles is 1. The Balaban J connectivity index is 1.33. The highest BCUT2D eigenvalue weighted by molar-refractivity contribution is 5.68. The molecule has 0 radical (unpaired) electrons. The SMILES string of the molecule is CC(C)(C)OC(=O)N1CC2CC(CN(CCCC(Oc3ccc(O)cc3)c3ccc(C#N)cc3)C2)C1. The van der Waals surface area contributed by atoms with Gasteiger partial charge in [-0.1, -0.05) is 12.1 Å². The Hall–Kier alpha value is -3.24. The van der Waals surface area contributed by atoms with Crippen LogP contribution < -0.4 is 4.74 Å². The first-order valence-corrected chi connectivity index (χ1v) is 12.8. The zero-order valence-corrected chi connectivity index (χ0v) is 21.5. The standard InChI is InChI=1S/C29H37N3O4/c1-29(2,3)36-28(34)32-19-22-15-23(20-32)18-31(17-22)14-4-5-27(24-8-6-21(16-30)7-9-24)35-26-12-10-25(33)11-13-26/h6-13,22-23,27,33H,4-5,14-15,17-20H2,1-3H3. The molecule has 2 bridgehead atoms. The lowest BCUT2D eigenvalue weighted by Gasteiger charge is -2.46. The number of piperidine rings is 2. The summed E-state index contributed by atoms with van der Waals surface area (Å²) in [5, 5.41) is 18.7. The first-order chi connectivity index (χ1) is 17.2. The van der Waals surface area contributed by atoms with E-state index in [1.54, 1.807) is 24.3 Å². The number of amides is 1. The molecule has 36 heavy (non-hydrogen) atoms. The van der Waals surface area contributed by atoms with Crippen molar-refractivity contribution in [2.75, 3.05) is 32.7 Å². The van der Waals surface area contributed by atoms with Gasteiger partial charge in [-0.25, -0.2) is 4.79 Å². The fraction of sp³-hybridized carbons (Fsp3) is 0.517. The highest BCUT2D eigenvalue weighted by atomic mass is 16.6. The number of phenols is 1. The number of nitrogens with zero attached hydrogens (tertiary/aromatic N) is 3. The van der Waals surface area contributed by atoms with E-state index in [2.05, 4.69) is 11.0 Å². The molecule has 2 saturated heterocycles. The second kappa shape index (κ2) is 11.2. The molecule has 0 aromatic heterocycles. The lowest BCUT2D eigenvalue weighted by atomic mass is 9.84. The lowest BCUT2D eigenvalue weighted by Crippen LogP contribution is -2.54. The van der Waals surface area contributed by atoms with E-state index in [1.165, 1.54) is 6.42 Å². The maximum atomic E-state index is 12.6. The summed E-state index contributed by atoms with van der Waals surface area (Å²) in [7, 11) is 0. The minimum Gasteiger partial charge on any atom is -0.508 e. The van der Waals surface area contributed by atoms with Crippen molar-refractivity contribution in [3.63, 3.8) is 0 Å². The van der Waals surface area contributed by atoms with E-state index in [4.69, 9.17) is 14.7 Å². The Bertz CT molecular complexity index is 1040. The topological polar surface area (TPSA) is 86.0 Å². The number of benzene rings is 2. The molecule has 2 aromatic carbocycles. The number of fused-ring (bicyclic) bond motifs is 2. The minimum atomic E-state index is -0.469. The van der Waals surface area contributed by atoms with E-state index in [0.717, 1.165) is 51.1 Å². The number of rotatable bonds is 7. The molecule has 4 rings (SSSR count). The summed E-state index contributed by atoms with van der Waals surface area (Å²) in [6, 6.07) is 16.5. The Morgan fingerprint density at radius 3 is 2.28 bits per heavy atom. The van der Waals surface area contributed by atoms with Crippen LogP contribution in [0.5, 0.6) is 11.5 Å². The predicted molar refractivity (Wildman–Crippen MR) is 138 cm³/mol. The number of carbonyl (C=O) groups is 1. The molecule has 1 N–H and O–H groups in total. The number of carbonyl (C=O) groups excluding carboxylic acids is 1. The van der Waals surface area contributed by atoms with Gasteiger partial charge in [-0.15, -0.1) is 0 Å². The molecule has 1 amide bonds. The van der Waals surface area contributed by atoms with E-state index in [0.29, 0.717) is 23.1 Å². The van der Waals surface area contributed by atoms with Crippen molar-refractivity contribution in [1.82, 2.24) is 9.80 Å². The summed E-state index contributed by atoms with van der Waals surface area (Å²) < 4.78 is 11.9. The number of likely N-dealkylation sites (tertiary alicyclic amines) is 2. The van der Waals surface area contributed by atoms with Gasteiger partial charge >= 0.3 is 6.09 Å². The molecule has 2 fully saturated rings.